The van der Waals surface area contributed by atoms with Gasteiger partial charge in [-0.15, -0.1) is 17.9 Å². The number of hydrogen-bond donors (Lipinski definition) is 2. The fourth-order valence-electron chi connectivity index (χ4n) is 3.35. The summed E-state index contributed by atoms with van der Waals surface area (Å²) in [4.78, 5) is 18.7. The number of aromatic nitrogens is 1. The van der Waals surface area contributed by atoms with Gasteiger partial charge in [0, 0.05) is 37.1 Å². The molecule has 8 nitrogen and oxygen atoms in total. The first-order chi connectivity index (χ1) is 14.7. The number of halogens is 1. The molecule has 2 aromatic rings. The summed E-state index contributed by atoms with van der Waals surface area (Å²) >= 11 is 1.27. The third kappa shape index (κ3) is 6.17. The monoisotopic (exact) mass is 468 g/mol. The van der Waals surface area contributed by atoms with Crippen molar-refractivity contribution < 1.29 is 22.3 Å². The first-order valence-electron chi connectivity index (χ1n) is 9.71. The molecule has 1 aromatic heterocycles. The largest absolute Gasteiger partial charge is 0.373 e. The third-order valence-electron chi connectivity index (χ3n) is 4.55. The van der Waals surface area contributed by atoms with E-state index < -0.39 is 26.6 Å². The Labute approximate surface area is 185 Å². The lowest BCUT2D eigenvalue weighted by Gasteiger charge is -2.34. The van der Waals surface area contributed by atoms with Crippen molar-refractivity contribution >= 4 is 32.4 Å². The van der Waals surface area contributed by atoms with Gasteiger partial charge in [-0.05, 0) is 32.0 Å². The van der Waals surface area contributed by atoms with Crippen LogP contribution in [0.5, 0.6) is 0 Å². The summed E-state index contributed by atoms with van der Waals surface area (Å²) in [5, 5.41) is 4.89. The molecular formula is C20H25FN4O4S2. The number of morpholine rings is 1. The molecule has 1 aliphatic rings. The van der Waals surface area contributed by atoms with Crippen molar-refractivity contribution in [2.75, 3.05) is 25.0 Å². The molecule has 0 spiro atoms. The minimum atomic E-state index is -4.11. The normalized spacial score (nSPS) is 19.8. The number of carbonyl (C=O) groups is 1. The summed E-state index contributed by atoms with van der Waals surface area (Å²) in [6.07, 6.45) is 1.63. The Morgan fingerprint density at radius 2 is 2.10 bits per heavy atom. The molecule has 168 valence electrons. The van der Waals surface area contributed by atoms with E-state index in [2.05, 4.69) is 26.5 Å². The van der Waals surface area contributed by atoms with Crippen LogP contribution in [0.15, 0.2) is 41.1 Å². The molecule has 2 unspecified atom stereocenters. The van der Waals surface area contributed by atoms with E-state index in [-0.39, 0.29) is 24.3 Å². The molecule has 2 heterocycles. The second kappa shape index (κ2) is 9.96. The van der Waals surface area contributed by atoms with E-state index in [1.54, 1.807) is 0 Å². The lowest BCUT2D eigenvalue weighted by atomic mass is 10.2. The number of anilines is 1. The molecule has 11 heteroatoms. The fourth-order valence-corrected chi connectivity index (χ4v) is 5.14. The predicted octanol–water partition coefficient (Wildman–Crippen LogP) is 2.61. The molecule has 0 bridgehead atoms. The van der Waals surface area contributed by atoms with E-state index in [1.807, 2.05) is 19.2 Å². The van der Waals surface area contributed by atoms with E-state index in [0.717, 1.165) is 30.9 Å². The van der Waals surface area contributed by atoms with E-state index >= 15 is 0 Å². The lowest BCUT2D eigenvalue weighted by Crippen LogP contribution is -2.44. The van der Waals surface area contributed by atoms with Crippen molar-refractivity contribution in [2.24, 2.45) is 0 Å². The first kappa shape index (κ1) is 23.5. The van der Waals surface area contributed by atoms with E-state index in [9.17, 15) is 17.6 Å². The Hall–Kier alpha value is -2.18. The van der Waals surface area contributed by atoms with Crippen molar-refractivity contribution in [3.8, 4) is 0 Å². The van der Waals surface area contributed by atoms with Crippen LogP contribution in [0.4, 0.5) is 9.52 Å². The zero-order valence-electron chi connectivity index (χ0n) is 17.3. The Morgan fingerprint density at radius 3 is 2.77 bits per heavy atom. The summed E-state index contributed by atoms with van der Waals surface area (Å²) in [6, 6.07) is 3.18. The second-order valence-corrected chi connectivity index (χ2v) is 9.93. The van der Waals surface area contributed by atoms with Crippen LogP contribution in [-0.4, -0.2) is 56.1 Å². The van der Waals surface area contributed by atoms with Crippen molar-refractivity contribution in [3.05, 3.63) is 53.3 Å². The lowest BCUT2D eigenvalue weighted by molar-refractivity contribution is -0.0707. The van der Waals surface area contributed by atoms with Crippen molar-refractivity contribution in [3.63, 3.8) is 0 Å². The summed E-state index contributed by atoms with van der Waals surface area (Å²) in [7, 11) is -4.11. The molecule has 1 aromatic carbocycles. The number of carbonyl (C=O) groups excluding carboxylic acids is 1. The number of hydrogen-bond acceptors (Lipinski definition) is 7. The topological polar surface area (TPSA) is 101 Å². The predicted molar refractivity (Wildman–Crippen MR) is 117 cm³/mol. The molecule has 2 N–H and O–H groups in total. The van der Waals surface area contributed by atoms with Gasteiger partial charge in [-0.1, -0.05) is 6.08 Å². The number of rotatable bonds is 8. The highest BCUT2D eigenvalue weighted by Crippen LogP contribution is 2.21. The van der Waals surface area contributed by atoms with Crippen LogP contribution in [0.25, 0.3) is 0 Å². The molecule has 3 rings (SSSR count). The first-order valence-corrected chi connectivity index (χ1v) is 12.1. The molecule has 1 amide bonds. The number of ether oxygens (including phenoxy) is 1. The van der Waals surface area contributed by atoms with Gasteiger partial charge in [-0.3, -0.25) is 15.0 Å². The number of nitrogens with one attached hydrogen (secondary N) is 2. The zero-order valence-corrected chi connectivity index (χ0v) is 18.9. The standard InChI is InChI=1S/C20H25FN4O4S2/c1-4-7-22-31(27,28)18-8-15(5-6-17(18)21)19(26)24-20-23-16(12-30-20)11-25-9-13(2)29-14(3)10-25/h4-6,8,12-14,22H,1,7,9-11H2,2-3H3,(H,23,24,26). The van der Waals surface area contributed by atoms with Crippen molar-refractivity contribution in [1.82, 2.24) is 14.6 Å². The van der Waals surface area contributed by atoms with Crippen LogP contribution >= 0.6 is 11.3 Å². The van der Waals surface area contributed by atoms with Crippen LogP contribution in [0.2, 0.25) is 0 Å². The number of nitrogens with zero attached hydrogens (tertiary/aromatic N) is 2. The summed E-state index contributed by atoms with van der Waals surface area (Å²) in [5.41, 5.74) is 0.825. The number of benzene rings is 1. The minimum Gasteiger partial charge on any atom is -0.373 e. The van der Waals surface area contributed by atoms with Crippen LogP contribution in [0.1, 0.15) is 29.9 Å². The SMILES string of the molecule is C=CCNS(=O)(=O)c1cc(C(=O)Nc2nc(CN3CC(C)OC(C)C3)cs2)ccc1F. The van der Waals surface area contributed by atoms with Gasteiger partial charge in [-0.2, -0.15) is 0 Å². The molecule has 0 radical (unpaired) electrons. The summed E-state index contributed by atoms with van der Waals surface area (Å²) in [5.74, 6) is -1.52. The highest BCUT2D eigenvalue weighted by Gasteiger charge is 2.23. The Balaban J connectivity index is 1.68. The number of thiazole rings is 1. The van der Waals surface area contributed by atoms with Gasteiger partial charge in [0.15, 0.2) is 5.13 Å². The summed E-state index contributed by atoms with van der Waals surface area (Å²) < 4.78 is 46.4. The quantitative estimate of drug-likeness (QED) is 0.578. The van der Waals surface area contributed by atoms with Crippen molar-refractivity contribution in [1.29, 1.82) is 0 Å². The molecule has 1 fully saturated rings. The summed E-state index contributed by atoms with van der Waals surface area (Å²) in [6.45, 7) is 9.66. The van der Waals surface area contributed by atoms with Crippen LogP contribution in [0.3, 0.4) is 0 Å². The van der Waals surface area contributed by atoms with Crippen molar-refractivity contribution in [2.45, 2.75) is 37.5 Å². The Bertz CT molecular complexity index is 1050. The Morgan fingerprint density at radius 1 is 1.39 bits per heavy atom. The van der Waals surface area contributed by atoms with Gasteiger partial charge in [0.2, 0.25) is 10.0 Å². The highest BCUT2D eigenvalue weighted by molar-refractivity contribution is 7.89. The smallest absolute Gasteiger partial charge is 0.257 e. The average Bonchev–Trinajstić information content (AvgIpc) is 3.12. The number of amides is 1. The van der Waals surface area contributed by atoms with E-state index in [0.29, 0.717) is 11.7 Å². The molecule has 0 saturated carbocycles. The van der Waals surface area contributed by atoms with Gasteiger partial charge in [0.25, 0.3) is 5.91 Å². The maximum absolute atomic E-state index is 14.1. The van der Waals surface area contributed by atoms with Crippen LogP contribution < -0.4 is 10.0 Å². The molecular weight excluding hydrogens is 443 g/mol. The molecule has 1 saturated heterocycles. The van der Waals surface area contributed by atoms with Gasteiger partial charge in [-0.25, -0.2) is 22.5 Å². The fraction of sp³-hybridized carbons (Fsp3) is 0.400. The molecule has 2 atom stereocenters. The second-order valence-electron chi connectivity index (χ2n) is 7.34. The van der Waals surface area contributed by atoms with Crippen LogP contribution in [-0.2, 0) is 21.3 Å². The Kier molecular flexibility index (Phi) is 7.55. The van der Waals surface area contributed by atoms with Gasteiger partial charge in [0.05, 0.1) is 17.9 Å². The molecule has 0 aliphatic carbocycles. The average molecular weight is 469 g/mol. The van der Waals surface area contributed by atoms with Gasteiger partial charge >= 0.3 is 0 Å². The van der Waals surface area contributed by atoms with E-state index in [1.165, 1.54) is 23.5 Å². The maximum Gasteiger partial charge on any atom is 0.257 e. The van der Waals surface area contributed by atoms with E-state index in [4.69, 9.17) is 4.74 Å². The molecule has 1 aliphatic heterocycles. The zero-order chi connectivity index (χ0) is 22.6. The third-order valence-corrected chi connectivity index (χ3v) is 6.80. The minimum absolute atomic E-state index is 0.00737. The van der Waals surface area contributed by atoms with Gasteiger partial charge in [0.1, 0.15) is 10.7 Å². The maximum atomic E-state index is 14.1. The van der Waals surface area contributed by atoms with Gasteiger partial charge < -0.3 is 4.74 Å². The number of sulfonamides is 1. The molecule has 31 heavy (non-hydrogen) atoms. The highest BCUT2D eigenvalue weighted by atomic mass is 32.2. The van der Waals surface area contributed by atoms with Crippen LogP contribution in [0, 0.1) is 5.82 Å².